The number of benzene rings is 2. The number of methoxy groups -OCH3 is 1. The van der Waals surface area contributed by atoms with E-state index in [0.29, 0.717) is 0 Å². The van der Waals surface area contributed by atoms with Crippen molar-refractivity contribution in [3.05, 3.63) is 66.2 Å². The molecule has 0 heterocycles. The molecular weight excluding hydrogens is 276 g/mol. The van der Waals surface area contributed by atoms with Crippen molar-refractivity contribution in [3.63, 3.8) is 0 Å². The molecule has 0 fully saturated rings. The molecule has 0 radical (unpaired) electrons. The second-order valence-corrected chi connectivity index (χ2v) is 10.3. The average molecular weight is 299 g/mol. The first kappa shape index (κ1) is 14.1. The van der Waals surface area contributed by atoms with Crippen molar-refractivity contribution in [1.29, 1.82) is 0 Å². The van der Waals surface area contributed by atoms with Crippen LogP contribution in [0.25, 0.3) is 0 Å². The van der Waals surface area contributed by atoms with Gasteiger partial charge in [0.05, 0.1) is 21.6 Å². The highest BCUT2D eigenvalue weighted by Gasteiger charge is 2.36. The molecule has 21 heavy (non-hydrogen) atoms. The summed E-state index contributed by atoms with van der Waals surface area (Å²) in [6.07, 6.45) is -0.908. The molecule has 2 rings (SSSR count). The summed E-state index contributed by atoms with van der Waals surface area (Å²) in [6.45, 7) is 4.43. The van der Waals surface area contributed by atoms with Crippen molar-refractivity contribution < 1.29 is 10.9 Å². The van der Waals surface area contributed by atoms with E-state index in [-0.39, 0.29) is 5.54 Å². The molecule has 2 aromatic rings. The standard InChI is InChI=1S/C18H22O2Si/c1-20-18(19)14-17(15-10-6-4-7-11-15)21(2,3)16-12-8-5-9-13-16/h4-13,17H,14H2,1-3H3/t17-/m1/s1/i14D/t14-,17-. The van der Waals surface area contributed by atoms with Gasteiger partial charge in [-0.2, -0.15) is 0 Å². The molecule has 0 aromatic heterocycles. The zero-order valence-electron chi connectivity index (χ0n) is 13.7. The van der Waals surface area contributed by atoms with Gasteiger partial charge in [0.25, 0.3) is 0 Å². The SMILES string of the molecule is [2H][C@@H](C(=O)OC)[C@H](c1ccccc1)[Si](C)(C)c1ccccc1. The van der Waals surface area contributed by atoms with E-state index in [4.69, 9.17) is 6.11 Å². The van der Waals surface area contributed by atoms with Gasteiger partial charge in [-0.05, 0) is 11.1 Å². The number of hydrogen-bond donors (Lipinski definition) is 0. The Morgan fingerprint density at radius 1 is 1.10 bits per heavy atom. The van der Waals surface area contributed by atoms with Crippen LogP contribution in [-0.2, 0) is 9.53 Å². The van der Waals surface area contributed by atoms with E-state index in [0.717, 1.165) is 5.56 Å². The molecule has 3 heteroatoms. The van der Waals surface area contributed by atoms with Crippen LogP contribution in [0.1, 0.15) is 18.9 Å². The second-order valence-electron chi connectivity index (χ2n) is 5.67. The van der Waals surface area contributed by atoms with E-state index in [9.17, 15) is 4.79 Å². The summed E-state index contributed by atoms with van der Waals surface area (Å²) < 4.78 is 13.3. The average Bonchev–Trinajstić information content (AvgIpc) is 2.55. The maximum atomic E-state index is 12.0. The number of esters is 1. The number of hydrogen-bond acceptors (Lipinski definition) is 2. The molecule has 0 saturated heterocycles. The third-order valence-electron chi connectivity index (χ3n) is 3.96. The summed E-state index contributed by atoms with van der Waals surface area (Å²) in [5, 5.41) is 1.24. The lowest BCUT2D eigenvalue weighted by Gasteiger charge is -2.33. The van der Waals surface area contributed by atoms with Crippen molar-refractivity contribution in [1.82, 2.24) is 0 Å². The quantitative estimate of drug-likeness (QED) is 0.624. The molecule has 0 aliphatic heterocycles. The van der Waals surface area contributed by atoms with E-state index in [1.165, 1.54) is 12.3 Å². The van der Waals surface area contributed by atoms with Gasteiger partial charge < -0.3 is 4.74 Å². The Morgan fingerprint density at radius 3 is 2.14 bits per heavy atom. The highest BCUT2D eigenvalue weighted by atomic mass is 28.3. The first-order valence-corrected chi connectivity index (χ1v) is 10.2. The molecule has 0 saturated carbocycles. The molecule has 2 atom stereocenters. The Kier molecular flexibility index (Phi) is 4.51. The molecule has 0 amide bonds. The Labute approximate surface area is 129 Å². The summed E-state index contributed by atoms with van der Waals surface area (Å²) in [4.78, 5) is 12.0. The van der Waals surface area contributed by atoms with Gasteiger partial charge in [0, 0.05) is 1.37 Å². The van der Waals surface area contributed by atoms with E-state index in [2.05, 4.69) is 25.2 Å². The molecule has 0 unspecified atom stereocenters. The first-order chi connectivity index (χ1) is 10.5. The zero-order chi connectivity index (χ0) is 16.2. The minimum atomic E-state index is -2.08. The van der Waals surface area contributed by atoms with Crippen molar-refractivity contribution in [3.8, 4) is 0 Å². The van der Waals surface area contributed by atoms with Gasteiger partial charge >= 0.3 is 5.97 Å². The minimum Gasteiger partial charge on any atom is -0.469 e. The molecule has 0 bridgehead atoms. The van der Waals surface area contributed by atoms with E-state index in [1.54, 1.807) is 0 Å². The lowest BCUT2D eigenvalue weighted by molar-refractivity contribution is -0.140. The fourth-order valence-corrected chi connectivity index (χ4v) is 5.62. The third kappa shape index (κ3) is 3.61. The van der Waals surface area contributed by atoms with Gasteiger partial charge in [-0.1, -0.05) is 78.9 Å². The molecular formula is C18H22O2Si. The van der Waals surface area contributed by atoms with Crippen LogP contribution in [0.3, 0.4) is 0 Å². The highest BCUT2D eigenvalue weighted by molar-refractivity contribution is 6.91. The van der Waals surface area contributed by atoms with Crippen LogP contribution < -0.4 is 5.19 Å². The molecule has 0 spiro atoms. The number of ether oxygens (including phenoxy) is 1. The summed E-state index contributed by atoms with van der Waals surface area (Å²) >= 11 is 0. The molecule has 0 aliphatic carbocycles. The molecule has 2 nitrogen and oxygen atoms in total. The lowest BCUT2D eigenvalue weighted by Crippen LogP contribution is -2.48. The first-order valence-electron chi connectivity index (χ1n) is 7.66. The van der Waals surface area contributed by atoms with Gasteiger partial charge in [0.2, 0.25) is 0 Å². The largest absolute Gasteiger partial charge is 0.469 e. The van der Waals surface area contributed by atoms with Crippen LogP contribution >= 0.6 is 0 Å². The van der Waals surface area contributed by atoms with Gasteiger partial charge in [-0.25, -0.2) is 0 Å². The number of carbonyl (C=O) groups is 1. The normalized spacial score (nSPS) is 14.9. The number of carbonyl (C=O) groups excluding carboxylic acids is 1. The minimum absolute atomic E-state index is 0.149. The van der Waals surface area contributed by atoms with Gasteiger partial charge in [0.15, 0.2) is 0 Å². The van der Waals surface area contributed by atoms with Crippen LogP contribution in [-0.4, -0.2) is 21.2 Å². The summed E-state index contributed by atoms with van der Waals surface area (Å²) in [7, 11) is -0.730. The van der Waals surface area contributed by atoms with Gasteiger partial charge in [-0.15, -0.1) is 0 Å². The summed E-state index contributed by atoms with van der Waals surface area (Å²) in [5.41, 5.74) is 0.886. The molecule has 2 aromatic carbocycles. The second kappa shape index (κ2) is 6.72. The fraction of sp³-hybridized carbons (Fsp3) is 0.278. The lowest BCUT2D eigenvalue weighted by atomic mass is 10.1. The Bertz CT molecular complexity index is 613. The van der Waals surface area contributed by atoms with Crippen LogP contribution in [0.5, 0.6) is 0 Å². The van der Waals surface area contributed by atoms with Crippen molar-refractivity contribution >= 4 is 19.2 Å². The third-order valence-corrected chi connectivity index (χ3v) is 7.83. The molecule has 0 aliphatic rings. The zero-order valence-corrected chi connectivity index (χ0v) is 13.7. The maximum Gasteiger partial charge on any atom is 0.305 e. The predicted octanol–water partition coefficient (Wildman–Crippen LogP) is 3.49. The molecule has 110 valence electrons. The monoisotopic (exact) mass is 299 g/mol. The fourth-order valence-electron chi connectivity index (χ4n) is 2.63. The smallest absolute Gasteiger partial charge is 0.305 e. The Morgan fingerprint density at radius 2 is 1.62 bits per heavy atom. The Balaban J connectivity index is 2.51. The number of rotatable bonds is 5. The summed E-state index contributed by atoms with van der Waals surface area (Å²) in [5.74, 6) is -0.467. The van der Waals surface area contributed by atoms with Crippen molar-refractivity contribution in [2.45, 2.75) is 25.0 Å². The van der Waals surface area contributed by atoms with E-state index < -0.39 is 20.4 Å². The topological polar surface area (TPSA) is 26.3 Å². The van der Waals surface area contributed by atoms with E-state index >= 15 is 0 Å². The van der Waals surface area contributed by atoms with Gasteiger partial charge in [0.1, 0.15) is 0 Å². The summed E-state index contributed by atoms with van der Waals surface area (Å²) in [6, 6.07) is 20.1. The van der Waals surface area contributed by atoms with Crippen LogP contribution in [0.15, 0.2) is 60.7 Å². The van der Waals surface area contributed by atoms with Crippen molar-refractivity contribution in [2.24, 2.45) is 0 Å². The van der Waals surface area contributed by atoms with E-state index in [1.807, 2.05) is 48.5 Å². The molecule has 0 N–H and O–H groups in total. The van der Waals surface area contributed by atoms with Crippen molar-refractivity contribution in [2.75, 3.05) is 7.11 Å². The van der Waals surface area contributed by atoms with Crippen LogP contribution in [0, 0.1) is 0 Å². The van der Waals surface area contributed by atoms with Crippen LogP contribution in [0.4, 0.5) is 0 Å². The maximum absolute atomic E-state index is 12.0. The highest BCUT2D eigenvalue weighted by Crippen LogP contribution is 2.30. The Hall–Kier alpha value is -1.87. The predicted molar refractivity (Wildman–Crippen MR) is 89.4 cm³/mol. The van der Waals surface area contributed by atoms with Gasteiger partial charge in [-0.3, -0.25) is 4.79 Å². The van der Waals surface area contributed by atoms with Crippen LogP contribution in [0.2, 0.25) is 13.1 Å².